The van der Waals surface area contributed by atoms with Crippen LogP contribution in [0.4, 0.5) is 0 Å². The molecule has 0 radical (unpaired) electrons. The van der Waals surface area contributed by atoms with Crippen molar-refractivity contribution in [2.24, 2.45) is 0 Å². The third-order valence-electron chi connectivity index (χ3n) is 6.34. The molecule has 0 atom stereocenters. The molecule has 0 aliphatic carbocycles. The summed E-state index contributed by atoms with van der Waals surface area (Å²) in [4.78, 5) is 16.2. The molecule has 0 aromatic heterocycles. The van der Waals surface area contributed by atoms with Gasteiger partial charge >= 0.3 is 0 Å². The highest BCUT2D eigenvalue weighted by atomic mass is 32.2. The molecule has 3 nitrogen and oxygen atoms in total. The number of rotatable bonds is 7. The zero-order valence-electron chi connectivity index (χ0n) is 19.0. The lowest BCUT2D eigenvalue weighted by Crippen LogP contribution is -2.32. The Balaban J connectivity index is 1.29. The van der Waals surface area contributed by atoms with Crippen LogP contribution >= 0.6 is 11.8 Å². The van der Waals surface area contributed by atoms with Crippen molar-refractivity contribution in [1.82, 2.24) is 10.2 Å². The number of benzene rings is 3. The fourth-order valence-electron chi connectivity index (χ4n) is 4.36. The monoisotopic (exact) mass is 444 g/mol. The number of likely N-dealkylation sites (tertiary alicyclic amines) is 1. The van der Waals surface area contributed by atoms with E-state index < -0.39 is 0 Å². The molecule has 4 rings (SSSR count). The summed E-state index contributed by atoms with van der Waals surface area (Å²) in [5.41, 5.74) is 5.99. The Labute approximate surface area is 196 Å². The van der Waals surface area contributed by atoms with Crippen LogP contribution in [0.3, 0.4) is 0 Å². The zero-order valence-corrected chi connectivity index (χ0v) is 19.8. The second kappa shape index (κ2) is 10.8. The molecule has 0 spiro atoms. The largest absolute Gasteiger partial charge is 0.348 e. The van der Waals surface area contributed by atoms with Crippen LogP contribution in [0, 0.1) is 6.92 Å². The second-order valence-electron chi connectivity index (χ2n) is 8.69. The van der Waals surface area contributed by atoms with Crippen molar-refractivity contribution in [3.05, 3.63) is 101 Å². The number of aryl methyl sites for hydroxylation is 1. The van der Waals surface area contributed by atoms with Gasteiger partial charge in [-0.2, -0.15) is 0 Å². The predicted molar refractivity (Wildman–Crippen MR) is 134 cm³/mol. The minimum Gasteiger partial charge on any atom is -0.348 e. The highest BCUT2D eigenvalue weighted by Crippen LogP contribution is 2.29. The number of thioether (sulfide) groups is 1. The minimum absolute atomic E-state index is 0.0209. The van der Waals surface area contributed by atoms with E-state index in [1.54, 1.807) is 11.8 Å². The van der Waals surface area contributed by atoms with Crippen LogP contribution in [-0.2, 0) is 13.1 Å². The number of piperidine rings is 1. The quantitative estimate of drug-likeness (QED) is 0.452. The number of carbonyl (C=O) groups excluding carboxylic acids is 1. The Kier molecular flexibility index (Phi) is 7.67. The second-order valence-corrected chi connectivity index (χ2v) is 9.57. The van der Waals surface area contributed by atoms with Crippen LogP contribution in [-0.4, -0.2) is 30.2 Å². The van der Waals surface area contributed by atoms with Gasteiger partial charge < -0.3 is 5.32 Å². The van der Waals surface area contributed by atoms with Crippen molar-refractivity contribution in [1.29, 1.82) is 0 Å². The third-order valence-corrected chi connectivity index (χ3v) is 7.09. The number of nitrogens with one attached hydrogen (secondary N) is 1. The van der Waals surface area contributed by atoms with Gasteiger partial charge in [0.1, 0.15) is 0 Å². The van der Waals surface area contributed by atoms with E-state index in [1.165, 1.54) is 40.0 Å². The van der Waals surface area contributed by atoms with Crippen molar-refractivity contribution < 1.29 is 4.79 Å². The van der Waals surface area contributed by atoms with Gasteiger partial charge in [0, 0.05) is 23.5 Å². The van der Waals surface area contributed by atoms with E-state index >= 15 is 0 Å². The van der Waals surface area contributed by atoms with Crippen LogP contribution in [0.2, 0.25) is 0 Å². The van der Waals surface area contributed by atoms with Gasteiger partial charge in [0.15, 0.2) is 0 Å². The fraction of sp³-hybridized carbons (Fsp3) is 0.321. The van der Waals surface area contributed by atoms with Crippen molar-refractivity contribution in [3.63, 3.8) is 0 Å². The molecule has 0 saturated carbocycles. The maximum Gasteiger partial charge on any atom is 0.251 e. The molecule has 1 aliphatic rings. The average molecular weight is 445 g/mol. The smallest absolute Gasteiger partial charge is 0.251 e. The van der Waals surface area contributed by atoms with Crippen LogP contribution in [0.1, 0.15) is 51.4 Å². The van der Waals surface area contributed by atoms with E-state index in [9.17, 15) is 4.79 Å². The molecule has 0 unspecified atom stereocenters. The van der Waals surface area contributed by atoms with Crippen molar-refractivity contribution in [3.8, 4) is 0 Å². The molecule has 0 bridgehead atoms. The van der Waals surface area contributed by atoms with E-state index in [1.807, 2.05) is 30.5 Å². The van der Waals surface area contributed by atoms with Crippen molar-refractivity contribution in [2.45, 2.75) is 43.7 Å². The molecule has 1 amide bonds. The molecule has 3 aromatic carbocycles. The van der Waals surface area contributed by atoms with Crippen LogP contribution in [0.15, 0.2) is 77.7 Å². The molecule has 1 aliphatic heterocycles. The number of nitrogens with zero attached hydrogens (tertiary/aromatic N) is 1. The van der Waals surface area contributed by atoms with Crippen LogP contribution in [0.5, 0.6) is 0 Å². The number of amides is 1. The lowest BCUT2D eigenvalue weighted by Gasteiger charge is -2.32. The zero-order chi connectivity index (χ0) is 22.3. The summed E-state index contributed by atoms with van der Waals surface area (Å²) in [6.45, 7) is 6.00. The van der Waals surface area contributed by atoms with Gasteiger partial charge in [-0.15, -0.1) is 11.8 Å². The molecule has 1 saturated heterocycles. The maximum atomic E-state index is 12.5. The normalized spacial score (nSPS) is 14.9. The van der Waals surface area contributed by atoms with Gasteiger partial charge in [-0.25, -0.2) is 0 Å². The molecule has 4 heteroatoms. The Morgan fingerprint density at radius 1 is 0.969 bits per heavy atom. The molecular formula is C28H32N2OS. The molecule has 1 heterocycles. The van der Waals surface area contributed by atoms with E-state index in [0.717, 1.165) is 19.6 Å². The topological polar surface area (TPSA) is 32.3 Å². The van der Waals surface area contributed by atoms with E-state index in [4.69, 9.17) is 0 Å². The Morgan fingerprint density at radius 3 is 2.38 bits per heavy atom. The van der Waals surface area contributed by atoms with Gasteiger partial charge in [-0.05, 0) is 86.0 Å². The third kappa shape index (κ3) is 6.02. The highest BCUT2D eigenvalue weighted by molar-refractivity contribution is 7.98. The van der Waals surface area contributed by atoms with Crippen LogP contribution in [0.25, 0.3) is 0 Å². The molecule has 32 heavy (non-hydrogen) atoms. The summed E-state index contributed by atoms with van der Waals surface area (Å²) in [7, 11) is 0. The first kappa shape index (κ1) is 22.6. The standard InChI is InChI=1S/C28H32N2OS/c1-21-6-8-22(9-7-21)20-30-16-14-24(15-17-30)26-5-3-4-23(18-26)19-29-28(31)25-10-12-27(32-2)13-11-25/h3-13,18,24H,14-17,19-20H2,1-2H3,(H,29,31). The molecule has 1 N–H and O–H groups in total. The Hall–Kier alpha value is -2.56. The van der Waals surface area contributed by atoms with E-state index in [2.05, 4.69) is 65.7 Å². The lowest BCUT2D eigenvalue weighted by molar-refractivity contribution is 0.0951. The fourth-order valence-corrected chi connectivity index (χ4v) is 4.77. The van der Waals surface area contributed by atoms with Gasteiger partial charge in [0.25, 0.3) is 5.91 Å². The van der Waals surface area contributed by atoms with Crippen molar-refractivity contribution in [2.75, 3.05) is 19.3 Å². The molecule has 3 aromatic rings. The summed E-state index contributed by atoms with van der Waals surface area (Å²) in [6, 6.07) is 25.4. The first-order valence-electron chi connectivity index (χ1n) is 11.4. The summed E-state index contributed by atoms with van der Waals surface area (Å²) in [5, 5.41) is 3.07. The van der Waals surface area contributed by atoms with Gasteiger partial charge in [0.2, 0.25) is 0 Å². The van der Waals surface area contributed by atoms with Gasteiger partial charge in [-0.1, -0.05) is 54.1 Å². The summed E-state index contributed by atoms with van der Waals surface area (Å²) >= 11 is 1.68. The van der Waals surface area contributed by atoms with Gasteiger partial charge in [0.05, 0.1) is 0 Å². The lowest BCUT2D eigenvalue weighted by atomic mass is 9.88. The summed E-state index contributed by atoms with van der Waals surface area (Å²) < 4.78 is 0. The average Bonchev–Trinajstić information content (AvgIpc) is 2.85. The first-order chi connectivity index (χ1) is 15.6. The summed E-state index contributed by atoms with van der Waals surface area (Å²) in [6.07, 6.45) is 4.41. The van der Waals surface area contributed by atoms with E-state index in [0.29, 0.717) is 18.0 Å². The number of carbonyl (C=O) groups is 1. The van der Waals surface area contributed by atoms with Crippen LogP contribution < -0.4 is 5.32 Å². The predicted octanol–water partition coefficient (Wildman–Crippen LogP) is 6.03. The Morgan fingerprint density at radius 2 is 1.69 bits per heavy atom. The van der Waals surface area contributed by atoms with E-state index in [-0.39, 0.29) is 5.91 Å². The molecule has 1 fully saturated rings. The highest BCUT2D eigenvalue weighted by Gasteiger charge is 2.21. The summed E-state index contributed by atoms with van der Waals surface area (Å²) in [5.74, 6) is 0.575. The minimum atomic E-state index is -0.0209. The SMILES string of the molecule is CSc1ccc(C(=O)NCc2cccc(C3CCN(Cc4ccc(C)cc4)CC3)c2)cc1. The van der Waals surface area contributed by atoms with Gasteiger partial charge in [-0.3, -0.25) is 9.69 Å². The number of hydrogen-bond donors (Lipinski definition) is 1. The molecular weight excluding hydrogens is 412 g/mol. The number of hydrogen-bond acceptors (Lipinski definition) is 3. The van der Waals surface area contributed by atoms with Crippen molar-refractivity contribution >= 4 is 17.7 Å². The first-order valence-corrected chi connectivity index (χ1v) is 12.6. The molecule has 166 valence electrons. The Bertz CT molecular complexity index is 1020. The maximum absolute atomic E-state index is 12.5.